The fraction of sp³-hybridized carbons (Fsp3) is 0.696. The van der Waals surface area contributed by atoms with Crippen molar-refractivity contribution in [2.75, 3.05) is 26.7 Å². The van der Waals surface area contributed by atoms with E-state index in [-0.39, 0.29) is 12.4 Å². The highest BCUT2D eigenvalue weighted by Crippen LogP contribution is 2.42. The molecule has 2 aliphatic carbocycles. The maximum atomic E-state index is 12.4. The van der Waals surface area contributed by atoms with Crippen LogP contribution in [0.4, 0.5) is 0 Å². The minimum Gasteiger partial charge on any atom is -0.507 e. The zero-order chi connectivity index (χ0) is 18.8. The lowest BCUT2D eigenvalue weighted by molar-refractivity contribution is -0.145. The number of hydrogen-bond acceptors (Lipinski definition) is 4. The maximum Gasteiger partial charge on any atom is 0.310 e. The van der Waals surface area contributed by atoms with Gasteiger partial charge in [-0.2, -0.15) is 0 Å². The topological polar surface area (TPSA) is 49.8 Å². The molecule has 4 nitrogen and oxygen atoms in total. The molecule has 1 saturated heterocycles. The van der Waals surface area contributed by atoms with Gasteiger partial charge in [-0.3, -0.25) is 4.79 Å². The second-order valence-electron chi connectivity index (χ2n) is 9.03. The quantitative estimate of drug-likeness (QED) is 0.791. The van der Waals surface area contributed by atoms with Gasteiger partial charge in [-0.15, -0.1) is 0 Å². The van der Waals surface area contributed by atoms with Gasteiger partial charge in [0.15, 0.2) is 0 Å². The minimum atomic E-state index is -0.204. The summed E-state index contributed by atoms with van der Waals surface area (Å²) in [6, 6.07) is 5.86. The Hall–Kier alpha value is -1.55. The van der Waals surface area contributed by atoms with Crippen molar-refractivity contribution < 1.29 is 14.6 Å². The lowest BCUT2D eigenvalue weighted by atomic mass is 9.83. The number of benzene rings is 1. The Morgan fingerprint density at radius 2 is 1.81 bits per heavy atom. The normalized spacial score (nSPS) is 29.0. The second kappa shape index (κ2) is 8.22. The van der Waals surface area contributed by atoms with E-state index in [1.807, 2.05) is 18.2 Å². The van der Waals surface area contributed by atoms with Crippen molar-refractivity contribution in [2.24, 2.45) is 17.8 Å². The van der Waals surface area contributed by atoms with E-state index < -0.39 is 0 Å². The molecule has 0 amide bonds. The second-order valence-corrected chi connectivity index (χ2v) is 9.03. The first kappa shape index (κ1) is 18.8. The van der Waals surface area contributed by atoms with E-state index in [1.54, 1.807) is 0 Å². The molecule has 4 rings (SSSR count). The van der Waals surface area contributed by atoms with Crippen LogP contribution < -0.4 is 0 Å². The predicted octanol–water partition coefficient (Wildman–Crippen LogP) is 4.11. The number of para-hydroxylation sites is 1. The largest absolute Gasteiger partial charge is 0.507 e. The van der Waals surface area contributed by atoms with Crippen LogP contribution in [0.2, 0.25) is 0 Å². The molecule has 3 aliphatic rings. The van der Waals surface area contributed by atoms with E-state index in [9.17, 15) is 9.90 Å². The van der Waals surface area contributed by atoms with E-state index in [1.165, 1.54) is 32.1 Å². The zero-order valence-corrected chi connectivity index (χ0v) is 16.5. The van der Waals surface area contributed by atoms with Gasteiger partial charge >= 0.3 is 5.97 Å². The van der Waals surface area contributed by atoms with Crippen molar-refractivity contribution in [1.82, 2.24) is 4.90 Å². The third-order valence-corrected chi connectivity index (χ3v) is 7.18. The summed E-state index contributed by atoms with van der Waals surface area (Å²) in [5, 5.41) is 10.7. The average molecular weight is 372 g/mol. The summed E-state index contributed by atoms with van der Waals surface area (Å²) < 4.78 is 5.67. The van der Waals surface area contributed by atoms with Gasteiger partial charge in [0.2, 0.25) is 0 Å². The molecule has 27 heavy (non-hydrogen) atoms. The van der Waals surface area contributed by atoms with Gasteiger partial charge in [-0.1, -0.05) is 37.5 Å². The molecular weight excluding hydrogens is 338 g/mol. The molecule has 0 spiro atoms. The number of aromatic hydroxyl groups is 1. The van der Waals surface area contributed by atoms with Crippen molar-refractivity contribution in [3.8, 4) is 5.75 Å². The van der Waals surface area contributed by atoms with Crippen LogP contribution >= 0.6 is 0 Å². The molecule has 148 valence electrons. The SMILES string of the molecule is CN1CC2CCC(C1)C2COC(=O)Cc1cccc(C2CCCCC2)c1O. The third kappa shape index (κ3) is 4.16. The first-order valence-electron chi connectivity index (χ1n) is 10.8. The molecule has 2 bridgehead atoms. The molecular formula is C23H33NO3. The highest BCUT2D eigenvalue weighted by molar-refractivity contribution is 5.74. The first-order valence-corrected chi connectivity index (χ1v) is 10.8. The summed E-state index contributed by atoms with van der Waals surface area (Å²) >= 11 is 0. The molecule has 0 radical (unpaired) electrons. The Kier molecular flexibility index (Phi) is 5.72. The summed E-state index contributed by atoms with van der Waals surface area (Å²) in [6.45, 7) is 2.80. The Balaban J connectivity index is 1.34. The summed E-state index contributed by atoms with van der Waals surface area (Å²) in [6.07, 6.45) is 8.74. The van der Waals surface area contributed by atoms with Gasteiger partial charge in [0.1, 0.15) is 5.75 Å². The van der Waals surface area contributed by atoms with Crippen molar-refractivity contribution >= 4 is 5.97 Å². The number of nitrogens with zero attached hydrogens (tertiary/aromatic N) is 1. The summed E-state index contributed by atoms with van der Waals surface area (Å²) in [5.41, 5.74) is 1.74. The molecule has 4 heteroatoms. The Morgan fingerprint density at radius 1 is 1.11 bits per heavy atom. The van der Waals surface area contributed by atoms with Crippen LogP contribution in [0.1, 0.15) is 62.0 Å². The lowest BCUT2D eigenvalue weighted by Crippen LogP contribution is -2.41. The molecule has 2 atom stereocenters. The number of hydrogen-bond donors (Lipinski definition) is 1. The summed E-state index contributed by atoms with van der Waals surface area (Å²) in [7, 11) is 2.19. The smallest absolute Gasteiger partial charge is 0.310 e. The standard InChI is InChI=1S/C23H33NO3/c1-24-13-18-10-11-19(14-24)21(18)15-27-22(25)12-17-8-5-9-20(23(17)26)16-6-3-2-4-7-16/h5,8-9,16,18-19,21,26H,2-4,6-7,10-15H2,1H3. The fourth-order valence-electron chi connectivity index (χ4n) is 5.73. The molecule has 2 unspecified atom stereocenters. The molecule has 1 N–H and O–H groups in total. The molecule has 3 fully saturated rings. The predicted molar refractivity (Wildman–Crippen MR) is 106 cm³/mol. The van der Waals surface area contributed by atoms with Crippen LogP contribution in [0.25, 0.3) is 0 Å². The Labute approximate surface area is 162 Å². The number of carbonyl (C=O) groups is 1. The number of phenolic OH excluding ortho intramolecular Hbond substituents is 1. The van der Waals surface area contributed by atoms with Gasteiger partial charge in [-0.25, -0.2) is 0 Å². The average Bonchev–Trinajstić information content (AvgIpc) is 2.92. The number of esters is 1. The molecule has 1 aliphatic heterocycles. The molecule has 1 aromatic rings. The van der Waals surface area contributed by atoms with Crippen LogP contribution in [-0.2, 0) is 16.0 Å². The maximum absolute atomic E-state index is 12.4. The highest BCUT2D eigenvalue weighted by Gasteiger charge is 2.41. The summed E-state index contributed by atoms with van der Waals surface area (Å²) in [4.78, 5) is 14.9. The highest BCUT2D eigenvalue weighted by atomic mass is 16.5. The van der Waals surface area contributed by atoms with Crippen LogP contribution in [0.15, 0.2) is 18.2 Å². The van der Waals surface area contributed by atoms with Gasteiger partial charge in [-0.05, 0) is 56.0 Å². The number of phenols is 1. The van der Waals surface area contributed by atoms with Crippen LogP contribution in [0, 0.1) is 17.8 Å². The molecule has 1 heterocycles. The Morgan fingerprint density at radius 3 is 2.52 bits per heavy atom. The van der Waals surface area contributed by atoms with Crippen LogP contribution in [-0.4, -0.2) is 42.7 Å². The number of carbonyl (C=O) groups excluding carboxylic acids is 1. The zero-order valence-electron chi connectivity index (χ0n) is 16.5. The number of likely N-dealkylation sites (tertiary alicyclic amines) is 1. The number of rotatable bonds is 5. The van der Waals surface area contributed by atoms with E-state index >= 15 is 0 Å². The van der Waals surface area contributed by atoms with Gasteiger partial charge in [0, 0.05) is 24.6 Å². The van der Waals surface area contributed by atoms with Crippen molar-refractivity contribution in [3.05, 3.63) is 29.3 Å². The number of ether oxygens (including phenoxy) is 1. The first-order chi connectivity index (χ1) is 13.1. The third-order valence-electron chi connectivity index (χ3n) is 7.18. The molecule has 0 aromatic heterocycles. The molecule has 2 saturated carbocycles. The van der Waals surface area contributed by atoms with Crippen molar-refractivity contribution in [2.45, 2.75) is 57.3 Å². The molecule has 1 aromatic carbocycles. The minimum absolute atomic E-state index is 0.175. The van der Waals surface area contributed by atoms with Crippen LogP contribution in [0.5, 0.6) is 5.75 Å². The fourth-order valence-corrected chi connectivity index (χ4v) is 5.73. The monoisotopic (exact) mass is 371 g/mol. The number of fused-ring (bicyclic) bond motifs is 2. The van der Waals surface area contributed by atoms with Crippen LogP contribution in [0.3, 0.4) is 0 Å². The summed E-state index contributed by atoms with van der Waals surface area (Å²) in [5.74, 6) is 2.41. The van der Waals surface area contributed by atoms with E-state index in [4.69, 9.17) is 4.74 Å². The van der Waals surface area contributed by atoms with E-state index in [2.05, 4.69) is 11.9 Å². The number of piperidine rings is 1. The van der Waals surface area contributed by atoms with Crippen molar-refractivity contribution in [1.29, 1.82) is 0 Å². The van der Waals surface area contributed by atoms with Crippen molar-refractivity contribution in [3.63, 3.8) is 0 Å². The lowest BCUT2D eigenvalue weighted by Gasteiger charge is -2.35. The van der Waals surface area contributed by atoms with Gasteiger partial charge in [0.05, 0.1) is 13.0 Å². The van der Waals surface area contributed by atoms with Gasteiger partial charge in [0.25, 0.3) is 0 Å². The van der Waals surface area contributed by atoms with E-state index in [0.717, 1.165) is 37.1 Å². The Bertz CT molecular complexity index is 654. The van der Waals surface area contributed by atoms with Gasteiger partial charge < -0.3 is 14.7 Å². The van der Waals surface area contributed by atoms with E-state index in [0.29, 0.717) is 36.0 Å².